The van der Waals surface area contributed by atoms with Crippen molar-refractivity contribution in [3.8, 4) is 11.5 Å². The summed E-state index contributed by atoms with van der Waals surface area (Å²) in [4.78, 5) is 27.2. The number of hydrogen-bond donors (Lipinski definition) is 2. The lowest BCUT2D eigenvalue weighted by molar-refractivity contribution is -0.139. The number of benzene rings is 2. The Morgan fingerprint density at radius 2 is 1.80 bits per heavy atom. The zero-order valence-corrected chi connectivity index (χ0v) is 17.3. The van der Waals surface area contributed by atoms with Gasteiger partial charge in [-0.3, -0.25) is 9.59 Å². The van der Waals surface area contributed by atoms with Gasteiger partial charge in [0.2, 0.25) is 0 Å². The van der Waals surface area contributed by atoms with Crippen molar-refractivity contribution in [2.75, 3.05) is 13.2 Å². The number of unbranched alkanes of at least 4 members (excludes halogenated alkanes) is 1. The van der Waals surface area contributed by atoms with Crippen molar-refractivity contribution in [2.24, 2.45) is 0 Å². The zero-order valence-electron chi connectivity index (χ0n) is 17.3. The number of ether oxygens (including phenoxy) is 1. The number of phenols is 1. The summed E-state index contributed by atoms with van der Waals surface area (Å²) >= 11 is 0. The number of ketones is 1. The first-order chi connectivity index (χ1) is 14.5. The topological polar surface area (TPSA) is 87.1 Å². The second kappa shape index (κ2) is 9.48. The molecule has 2 aromatic carbocycles. The fraction of sp³-hybridized carbons (Fsp3) is 0.333. The lowest BCUT2D eigenvalue weighted by Crippen LogP contribution is -2.30. The zero-order chi connectivity index (χ0) is 21.7. The molecule has 2 aromatic rings. The summed E-state index contributed by atoms with van der Waals surface area (Å²) in [5.74, 6) is -0.886. The van der Waals surface area contributed by atoms with E-state index in [0.717, 1.165) is 19.3 Å². The Balaban J connectivity index is 2.10. The average Bonchev–Trinajstić information content (AvgIpc) is 3.01. The number of Topliss-reactive ketones (excluding diaryl/α,β-unsaturated/α-hetero) is 1. The van der Waals surface area contributed by atoms with E-state index >= 15 is 0 Å². The third kappa shape index (κ3) is 4.32. The molecule has 0 aromatic heterocycles. The van der Waals surface area contributed by atoms with Crippen LogP contribution >= 0.6 is 0 Å². The van der Waals surface area contributed by atoms with E-state index in [1.54, 1.807) is 36.4 Å². The smallest absolute Gasteiger partial charge is 0.295 e. The number of carbonyl (C=O) groups excluding carboxylic acids is 2. The summed E-state index contributed by atoms with van der Waals surface area (Å²) in [5.41, 5.74) is 1.12. The second-order valence-corrected chi connectivity index (χ2v) is 7.31. The van der Waals surface area contributed by atoms with Crippen LogP contribution in [0.1, 0.15) is 50.3 Å². The number of carbonyl (C=O) groups is 2. The van der Waals surface area contributed by atoms with Crippen LogP contribution in [0.5, 0.6) is 11.5 Å². The molecule has 1 amide bonds. The van der Waals surface area contributed by atoms with E-state index in [2.05, 4.69) is 0 Å². The first-order valence-electron chi connectivity index (χ1n) is 10.3. The van der Waals surface area contributed by atoms with E-state index < -0.39 is 17.7 Å². The molecule has 30 heavy (non-hydrogen) atoms. The summed E-state index contributed by atoms with van der Waals surface area (Å²) in [6.45, 7) is 4.95. The predicted octanol–water partition coefficient (Wildman–Crippen LogP) is 4.40. The van der Waals surface area contributed by atoms with Gasteiger partial charge >= 0.3 is 0 Å². The number of aromatic hydroxyl groups is 1. The number of amides is 1. The predicted molar refractivity (Wildman–Crippen MR) is 114 cm³/mol. The molecule has 0 radical (unpaired) electrons. The number of nitrogens with zero attached hydrogens (tertiary/aromatic N) is 1. The van der Waals surface area contributed by atoms with E-state index in [4.69, 9.17) is 4.74 Å². The fourth-order valence-corrected chi connectivity index (χ4v) is 3.55. The number of hydrogen-bond acceptors (Lipinski definition) is 5. The van der Waals surface area contributed by atoms with Crippen molar-refractivity contribution in [3.05, 3.63) is 65.2 Å². The highest BCUT2D eigenvalue weighted by atomic mass is 16.5. The van der Waals surface area contributed by atoms with Gasteiger partial charge in [0.1, 0.15) is 17.3 Å². The molecule has 1 fully saturated rings. The van der Waals surface area contributed by atoms with Crippen molar-refractivity contribution < 1.29 is 24.5 Å². The van der Waals surface area contributed by atoms with Gasteiger partial charge in [-0.15, -0.1) is 0 Å². The van der Waals surface area contributed by atoms with Gasteiger partial charge in [0.05, 0.1) is 18.2 Å². The molecule has 1 atom stereocenters. The molecule has 6 nitrogen and oxygen atoms in total. The largest absolute Gasteiger partial charge is 0.508 e. The Bertz CT molecular complexity index is 948. The molecule has 0 spiro atoms. The second-order valence-electron chi connectivity index (χ2n) is 7.31. The summed E-state index contributed by atoms with van der Waals surface area (Å²) in [6, 6.07) is 12.5. The molecule has 158 valence electrons. The van der Waals surface area contributed by atoms with E-state index in [9.17, 15) is 19.8 Å². The van der Waals surface area contributed by atoms with Crippen LogP contribution in [0.3, 0.4) is 0 Å². The number of phenolic OH excluding ortho intramolecular Hbond substituents is 1. The lowest BCUT2D eigenvalue weighted by Gasteiger charge is -2.25. The Morgan fingerprint density at radius 3 is 2.47 bits per heavy atom. The van der Waals surface area contributed by atoms with Gasteiger partial charge in [-0.1, -0.05) is 44.5 Å². The van der Waals surface area contributed by atoms with E-state index in [1.807, 2.05) is 13.8 Å². The van der Waals surface area contributed by atoms with E-state index in [-0.39, 0.29) is 17.1 Å². The van der Waals surface area contributed by atoms with Gasteiger partial charge in [-0.2, -0.15) is 0 Å². The first kappa shape index (κ1) is 21.4. The van der Waals surface area contributed by atoms with Crippen molar-refractivity contribution in [3.63, 3.8) is 0 Å². The summed E-state index contributed by atoms with van der Waals surface area (Å²) < 4.78 is 5.63. The van der Waals surface area contributed by atoms with Crippen LogP contribution in [0.15, 0.2) is 54.1 Å². The van der Waals surface area contributed by atoms with E-state index in [0.29, 0.717) is 30.0 Å². The highest BCUT2D eigenvalue weighted by molar-refractivity contribution is 6.46. The van der Waals surface area contributed by atoms with Crippen molar-refractivity contribution in [1.82, 2.24) is 4.90 Å². The van der Waals surface area contributed by atoms with Crippen LogP contribution in [0.4, 0.5) is 0 Å². The van der Waals surface area contributed by atoms with E-state index in [1.165, 1.54) is 17.0 Å². The maximum absolute atomic E-state index is 12.9. The Labute approximate surface area is 176 Å². The molecule has 1 aliphatic heterocycles. The van der Waals surface area contributed by atoms with Gasteiger partial charge in [-0.05, 0) is 42.7 Å². The summed E-state index contributed by atoms with van der Waals surface area (Å²) in [5, 5.41) is 20.7. The average molecular weight is 409 g/mol. The molecule has 0 bridgehead atoms. The molecular formula is C24H27NO5. The molecular weight excluding hydrogens is 382 g/mol. The van der Waals surface area contributed by atoms with Gasteiger partial charge in [-0.25, -0.2) is 0 Å². The minimum Gasteiger partial charge on any atom is -0.508 e. The minimum absolute atomic E-state index is 0.0504. The standard InChI is InChI=1S/C24H27NO5/c1-3-5-13-25-21(16-9-11-18(26)12-10-16)20(23(28)24(25)29)22(27)17-7-6-8-19(15-17)30-14-4-2/h6-12,15,21,26-27H,3-5,13-14H2,1-2H3/b22-20-. The third-order valence-corrected chi connectivity index (χ3v) is 5.08. The van der Waals surface area contributed by atoms with Gasteiger partial charge in [0.15, 0.2) is 0 Å². The highest BCUT2D eigenvalue weighted by Gasteiger charge is 2.45. The molecule has 3 rings (SSSR count). The summed E-state index contributed by atoms with van der Waals surface area (Å²) in [7, 11) is 0. The van der Waals surface area contributed by atoms with Crippen LogP contribution in [0, 0.1) is 0 Å². The fourth-order valence-electron chi connectivity index (χ4n) is 3.55. The van der Waals surface area contributed by atoms with Crippen LogP contribution in [-0.4, -0.2) is 40.0 Å². The monoisotopic (exact) mass is 409 g/mol. The van der Waals surface area contributed by atoms with Crippen LogP contribution < -0.4 is 4.74 Å². The Kier molecular flexibility index (Phi) is 6.77. The van der Waals surface area contributed by atoms with Crippen LogP contribution in [0.2, 0.25) is 0 Å². The molecule has 2 N–H and O–H groups in total. The molecule has 1 aliphatic rings. The molecule has 0 aliphatic carbocycles. The minimum atomic E-state index is -0.711. The van der Waals surface area contributed by atoms with Crippen molar-refractivity contribution >= 4 is 17.4 Å². The number of rotatable bonds is 8. The SMILES string of the molecule is CCCCN1C(=O)C(=O)/C(=C(\O)c2cccc(OCCC)c2)C1c1ccc(O)cc1. The third-order valence-electron chi connectivity index (χ3n) is 5.08. The van der Waals surface area contributed by atoms with Crippen molar-refractivity contribution in [1.29, 1.82) is 0 Å². The maximum Gasteiger partial charge on any atom is 0.295 e. The van der Waals surface area contributed by atoms with Gasteiger partial charge < -0.3 is 19.8 Å². The van der Waals surface area contributed by atoms with Gasteiger partial charge in [0, 0.05) is 12.1 Å². The highest BCUT2D eigenvalue weighted by Crippen LogP contribution is 2.40. The van der Waals surface area contributed by atoms with Crippen LogP contribution in [-0.2, 0) is 9.59 Å². The van der Waals surface area contributed by atoms with Gasteiger partial charge in [0.25, 0.3) is 11.7 Å². The Morgan fingerprint density at radius 1 is 1.07 bits per heavy atom. The molecule has 1 heterocycles. The molecule has 0 saturated carbocycles. The molecule has 1 unspecified atom stereocenters. The normalized spacial score (nSPS) is 18.1. The number of aliphatic hydroxyl groups is 1. The maximum atomic E-state index is 12.9. The Hall–Kier alpha value is -3.28. The number of likely N-dealkylation sites (tertiary alicyclic amines) is 1. The lowest BCUT2D eigenvalue weighted by atomic mass is 9.95. The van der Waals surface area contributed by atoms with Crippen molar-refractivity contribution in [2.45, 2.75) is 39.2 Å². The quantitative estimate of drug-likeness (QED) is 0.383. The molecule has 6 heteroatoms. The van der Waals surface area contributed by atoms with Crippen LogP contribution in [0.25, 0.3) is 5.76 Å². The number of aliphatic hydroxyl groups excluding tert-OH is 1. The summed E-state index contributed by atoms with van der Waals surface area (Å²) in [6.07, 6.45) is 2.45. The first-order valence-corrected chi connectivity index (χ1v) is 10.3. The molecule has 1 saturated heterocycles.